The molecule has 3 heterocycles. The average Bonchev–Trinajstić information content (AvgIpc) is 2.92. The number of fused-ring (bicyclic) bond motifs is 1. The van der Waals surface area contributed by atoms with Crippen molar-refractivity contribution in [3.8, 4) is 11.1 Å². The number of aliphatic imine (C=N–C) groups is 1. The molecule has 0 spiro atoms. The number of allylic oxidation sites excluding steroid dienone is 3. The molecule has 2 aromatic carbocycles. The second-order valence-corrected chi connectivity index (χ2v) is 12.2. The zero-order valence-corrected chi connectivity index (χ0v) is 24.4. The highest BCUT2D eigenvalue weighted by Crippen LogP contribution is 2.53. The van der Waals surface area contributed by atoms with Gasteiger partial charge in [-0.1, -0.05) is 29.8 Å². The lowest BCUT2D eigenvalue weighted by Crippen LogP contribution is -2.43. The van der Waals surface area contributed by atoms with E-state index in [1.165, 1.54) is 11.9 Å². The normalized spacial score (nSPS) is 22.3. The van der Waals surface area contributed by atoms with Crippen LogP contribution in [0.15, 0.2) is 71.5 Å². The van der Waals surface area contributed by atoms with E-state index in [0.717, 1.165) is 56.3 Å². The fourth-order valence-corrected chi connectivity index (χ4v) is 6.65. The molecule has 0 saturated carbocycles. The van der Waals surface area contributed by atoms with E-state index in [9.17, 15) is 9.90 Å². The number of carboxylic acids is 1. The maximum atomic E-state index is 12.9. The minimum atomic E-state index is -1.17. The quantitative estimate of drug-likeness (QED) is 0.370. The van der Waals surface area contributed by atoms with Gasteiger partial charge in [0.2, 0.25) is 0 Å². The third kappa shape index (κ3) is 4.49. The molecule has 1 N–H and O–H groups in total. The van der Waals surface area contributed by atoms with Gasteiger partial charge in [0.15, 0.2) is 6.10 Å². The van der Waals surface area contributed by atoms with Crippen LogP contribution in [0, 0.1) is 19.8 Å². The van der Waals surface area contributed by atoms with Crippen molar-refractivity contribution in [2.24, 2.45) is 10.9 Å². The number of aryl methyl sites for hydroxylation is 2. The van der Waals surface area contributed by atoms with E-state index < -0.39 is 23.2 Å². The van der Waals surface area contributed by atoms with Crippen LogP contribution in [-0.2, 0) is 14.3 Å². The summed E-state index contributed by atoms with van der Waals surface area (Å²) in [5, 5.41) is 12.6. The number of benzene rings is 2. The van der Waals surface area contributed by atoms with Gasteiger partial charge in [0.1, 0.15) is 12.1 Å². The number of aromatic nitrogens is 2. The van der Waals surface area contributed by atoms with Gasteiger partial charge in [-0.2, -0.15) is 0 Å². The van der Waals surface area contributed by atoms with Crippen LogP contribution in [0.25, 0.3) is 27.5 Å². The maximum absolute atomic E-state index is 12.9. The summed E-state index contributed by atoms with van der Waals surface area (Å²) in [5.74, 6) is -0.157. The first kappa shape index (κ1) is 27.1. The number of dihydropyridines is 1. The third-order valence-corrected chi connectivity index (χ3v) is 8.41. The van der Waals surface area contributed by atoms with Gasteiger partial charge in [0, 0.05) is 36.2 Å². The first-order valence-electron chi connectivity index (χ1n) is 14.0. The molecule has 3 aliphatic rings. The monoisotopic (exact) mass is 549 g/mol. The summed E-state index contributed by atoms with van der Waals surface area (Å²) in [6.07, 6.45) is 12.9. The summed E-state index contributed by atoms with van der Waals surface area (Å²) < 4.78 is 12.4. The standard InChI is InChI=1S/C34H35N3O4/c1-19-15-25-20(2)23(22-16-35-18-36-17-22)7-8-24(25)29(28(19)31(32(38)39)41-33(3,4)5)26-9-10-27-30-21(12-14-40-27)11-13-37-34(26,30)6/h7-11,13,15-18,30-31H,12,14H2,1-6H3,(H,38,39). The fourth-order valence-electron chi connectivity index (χ4n) is 6.65. The lowest BCUT2D eigenvalue weighted by molar-refractivity contribution is -0.160. The van der Waals surface area contributed by atoms with E-state index in [4.69, 9.17) is 14.5 Å². The Bertz CT molecular complexity index is 1690. The van der Waals surface area contributed by atoms with Crippen LogP contribution in [0.3, 0.4) is 0 Å². The Balaban J connectivity index is 1.69. The van der Waals surface area contributed by atoms with Crippen molar-refractivity contribution in [2.45, 2.75) is 65.2 Å². The first-order valence-corrected chi connectivity index (χ1v) is 14.0. The van der Waals surface area contributed by atoms with Crippen molar-refractivity contribution in [1.82, 2.24) is 9.97 Å². The van der Waals surface area contributed by atoms with Crippen molar-refractivity contribution in [3.05, 3.63) is 88.7 Å². The first-order chi connectivity index (χ1) is 19.5. The van der Waals surface area contributed by atoms with Crippen LogP contribution < -0.4 is 0 Å². The summed E-state index contributed by atoms with van der Waals surface area (Å²) >= 11 is 0. The van der Waals surface area contributed by atoms with Crippen LogP contribution in [-0.4, -0.2) is 45.0 Å². The molecule has 0 amide bonds. The Morgan fingerprint density at radius 2 is 1.88 bits per heavy atom. The topological polar surface area (TPSA) is 93.9 Å². The highest BCUT2D eigenvalue weighted by atomic mass is 16.5. The van der Waals surface area contributed by atoms with Gasteiger partial charge >= 0.3 is 5.97 Å². The molecule has 3 unspecified atom stereocenters. The van der Waals surface area contributed by atoms with Crippen molar-refractivity contribution >= 4 is 28.5 Å². The van der Waals surface area contributed by atoms with E-state index >= 15 is 0 Å². The third-order valence-electron chi connectivity index (χ3n) is 8.41. The summed E-state index contributed by atoms with van der Waals surface area (Å²) in [6, 6.07) is 6.25. The van der Waals surface area contributed by atoms with Crippen molar-refractivity contribution in [2.75, 3.05) is 6.61 Å². The highest BCUT2D eigenvalue weighted by Gasteiger charge is 2.48. The largest absolute Gasteiger partial charge is 0.497 e. The second kappa shape index (κ2) is 9.77. The van der Waals surface area contributed by atoms with E-state index in [-0.39, 0.29) is 5.92 Å². The van der Waals surface area contributed by atoms with Crippen LogP contribution in [0.5, 0.6) is 0 Å². The molecule has 1 aliphatic carbocycles. The van der Waals surface area contributed by atoms with Gasteiger partial charge in [-0.3, -0.25) is 4.99 Å². The zero-order valence-electron chi connectivity index (χ0n) is 24.4. The molecule has 7 nitrogen and oxygen atoms in total. The van der Waals surface area contributed by atoms with Gasteiger partial charge in [0.25, 0.3) is 0 Å². The van der Waals surface area contributed by atoms with Gasteiger partial charge in [-0.25, -0.2) is 14.8 Å². The summed E-state index contributed by atoms with van der Waals surface area (Å²) in [7, 11) is 0. The molecule has 6 rings (SSSR count). The Labute approximate surface area is 240 Å². The van der Waals surface area contributed by atoms with Crippen molar-refractivity contribution < 1.29 is 19.4 Å². The summed E-state index contributed by atoms with van der Waals surface area (Å²) in [6.45, 7) is 12.5. The molecule has 0 radical (unpaired) electrons. The predicted octanol–water partition coefficient (Wildman–Crippen LogP) is 6.94. The molecule has 0 bridgehead atoms. The van der Waals surface area contributed by atoms with Gasteiger partial charge in [-0.05, 0) is 92.3 Å². The number of hydrogen-bond acceptors (Lipinski definition) is 6. The van der Waals surface area contributed by atoms with E-state index in [1.54, 1.807) is 0 Å². The summed E-state index contributed by atoms with van der Waals surface area (Å²) in [4.78, 5) is 26.4. The van der Waals surface area contributed by atoms with Crippen LogP contribution in [0.2, 0.25) is 0 Å². The Morgan fingerprint density at radius 1 is 1.12 bits per heavy atom. The SMILES string of the molecule is Cc1cc2c(C)c(-c3cncnc3)ccc2c(C2=CC=C3OCCC4=CC=NC2(C)C43)c1C(OC(C)(C)C)C(=O)O. The molecule has 41 heavy (non-hydrogen) atoms. The van der Waals surface area contributed by atoms with Crippen LogP contribution >= 0.6 is 0 Å². The van der Waals surface area contributed by atoms with Crippen LogP contribution in [0.4, 0.5) is 0 Å². The maximum Gasteiger partial charge on any atom is 0.337 e. The molecule has 3 atom stereocenters. The number of aliphatic carboxylic acids is 1. The van der Waals surface area contributed by atoms with E-state index in [2.05, 4.69) is 54.2 Å². The zero-order chi connectivity index (χ0) is 29.1. The molecule has 1 aromatic heterocycles. The summed E-state index contributed by atoms with van der Waals surface area (Å²) in [5.41, 5.74) is 6.29. The lowest BCUT2D eigenvalue weighted by Gasteiger charge is -2.45. The molecule has 2 aliphatic heterocycles. The Kier molecular flexibility index (Phi) is 6.46. The van der Waals surface area contributed by atoms with Crippen molar-refractivity contribution in [3.63, 3.8) is 0 Å². The van der Waals surface area contributed by atoms with Crippen molar-refractivity contribution in [1.29, 1.82) is 0 Å². The minimum absolute atomic E-state index is 0.0432. The molecular formula is C34H35N3O4. The average molecular weight is 550 g/mol. The minimum Gasteiger partial charge on any atom is -0.497 e. The molecule has 210 valence electrons. The molecular weight excluding hydrogens is 514 g/mol. The van der Waals surface area contributed by atoms with Crippen LogP contribution in [0.1, 0.15) is 62.5 Å². The number of carbonyl (C=O) groups is 1. The fraction of sp³-hybridized carbons (Fsp3) is 0.353. The van der Waals surface area contributed by atoms with Gasteiger partial charge < -0.3 is 14.6 Å². The number of nitrogens with zero attached hydrogens (tertiary/aromatic N) is 3. The molecule has 7 heteroatoms. The van der Waals surface area contributed by atoms with Gasteiger partial charge in [0.05, 0.1) is 23.7 Å². The van der Waals surface area contributed by atoms with E-state index in [0.29, 0.717) is 12.2 Å². The predicted molar refractivity (Wildman–Crippen MR) is 161 cm³/mol. The Hall–Kier alpha value is -4.10. The number of carboxylic acid groups (broad SMARTS) is 1. The molecule has 3 aromatic rings. The highest BCUT2D eigenvalue weighted by molar-refractivity contribution is 6.04. The smallest absolute Gasteiger partial charge is 0.337 e. The number of hydrogen-bond donors (Lipinski definition) is 1. The lowest BCUT2D eigenvalue weighted by atomic mass is 9.66. The molecule has 1 saturated heterocycles. The number of ether oxygens (including phenoxy) is 2. The Morgan fingerprint density at radius 3 is 2.59 bits per heavy atom. The van der Waals surface area contributed by atoms with E-state index in [1.807, 2.05) is 52.4 Å². The van der Waals surface area contributed by atoms with Gasteiger partial charge in [-0.15, -0.1) is 0 Å². The number of rotatable bonds is 5. The second-order valence-electron chi connectivity index (χ2n) is 12.2. The molecule has 1 fully saturated rings.